The summed E-state index contributed by atoms with van der Waals surface area (Å²) >= 11 is 7.87. The van der Waals surface area contributed by atoms with Crippen LogP contribution in [0.4, 0.5) is 4.79 Å². The highest BCUT2D eigenvalue weighted by atomic mass is 79.9. The Kier molecular flexibility index (Phi) is 4.51. The molecule has 0 saturated heterocycles. The molecule has 70 valence electrons. The molecule has 0 spiro atoms. The van der Waals surface area contributed by atoms with Gasteiger partial charge in [0.15, 0.2) is 0 Å². The van der Waals surface area contributed by atoms with Gasteiger partial charge in [0.25, 0.3) is 5.91 Å². The summed E-state index contributed by atoms with van der Waals surface area (Å²) in [5.74, 6) is -0.868. The van der Waals surface area contributed by atoms with E-state index in [4.69, 9.17) is 16.7 Å². The Labute approximate surface area is 83.2 Å². The third kappa shape index (κ3) is 2.96. The average molecular weight is 259 g/mol. The number of hydrogen-bond acceptors (Lipinski definition) is 3. The molecule has 1 N–H and O–H groups in total. The summed E-state index contributed by atoms with van der Waals surface area (Å²) in [5, 5.41) is 8.61. The monoisotopic (exact) mass is 258 g/mol. The topological polar surface area (TPSA) is 60.9 Å². The number of alkyl halides is 1. The molecule has 0 fully saturated rings. The number of nitrogens with zero attached hydrogens (tertiary/aromatic N) is 2. The highest BCUT2D eigenvalue weighted by Gasteiger charge is 2.23. The Bertz CT molecular complexity index is 177. The third-order valence-corrected chi connectivity index (χ3v) is 1.57. The molecule has 3 amide bonds. The van der Waals surface area contributed by atoms with Gasteiger partial charge in [-0.05, 0) is 0 Å². The van der Waals surface area contributed by atoms with Crippen LogP contribution >= 0.6 is 27.7 Å². The molecular weight excluding hydrogens is 251 g/mol. The van der Waals surface area contributed by atoms with Gasteiger partial charge in [-0.25, -0.2) is 4.79 Å². The first-order valence-corrected chi connectivity index (χ1v) is 4.05. The van der Waals surface area contributed by atoms with Crippen molar-refractivity contribution < 1.29 is 14.7 Å². The Balaban J connectivity index is 4.30. The van der Waals surface area contributed by atoms with E-state index in [2.05, 4.69) is 16.1 Å². The number of halogens is 2. The predicted octanol–water partition coefficient (Wildman–Crippen LogP) is 0.364. The number of imide groups is 1. The Hall–Kier alpha value is -0.330. The summed E-state index contributed by atoms with van der Waals surface area (Å²) in [5.41, 5.74) is -1.69. The van der Waals surface area contributed by atoms with E-state index in [-0.39, 0.29) is 0 Å². The molecule has 1 unspecified atom stereocenters. The maximum absolute atomic E-state index is 11.0. The molecule has 0 saturated carbocycles. The molecule has 0 aromatic rings. The number of likely N-dealkylation sites (N-methyl/N-ethyl adjacent to an activating group) is 1. The summed E-state index contributed by atoms with van der Waals surface area (Å²) in [7, 11) is 2.63. The highest BCUT2D eigenvalue weighted by Crippen LogP contribution is 2.03. The van der Waals surface area contributed by atoms with Crippen molar-refractivity contribution in [3.63, 3.8) is 0 Å². The van der Waals surface area contributed by atoms with E-state index in [1.165, 1.54) is 14.1 Å². The number of carbonyl (C=O) groups excluding carboxylic acids is 2. The minimum atomic E-state index is -1.69. The lowest BCUT2D eigenvalue weighted by atomic mass is 10.6. The first kappa shape index (κ1) is 11.7. The summed E-state index contributed by atoms with van der Waals surface area (Å²) in [6.45, 7) is 0. The SMILES string of the molecule is CN(Br)C(=O)N(C)C(=O)C(O)Cl. The largest absolute Gasteiger partial charge is 0.369 e. The summed E-state index contributed by atoms with van der Waals surface area (Å²) < 4.78 is 1.02. The van der Waals surface area contributed by atoms with E-state index < -0.39 is 17.5 Å². The molecule has 0 aromatic carbocycles. The van der Waals surface area contributed by atoms with Crippen molar-refractivity contribution in [1.82, 2.24) is 8.83 Å². The van der Waals surface area contributed by atoms with Crippen molar-refractivity contribution in [3.8, 4) is 0 Å². The lowest BCUT2D eigenvalue weighted by Crippen LogP contribution is -2.41. The molecular formula is C5H8BrClN2O3. The van der Waals surface area contributed by atoms with Gasteiger partial charge < -0.3 is 5.11 Å². The molecule has 1 atom stereocenters. The fourth-order valence-corrected chi connectivity index (χ4v) is 0.845. The van der Waals surface area contributed by atoms with E-state index in [0.717, 1.165) is 3.93 Å². The quantitative estimate of drug-likeness (QED) is 0.546. The molecule has 0 aliphatic heterocycles. The smallest absolute Gasteiger partial charge is 0.336 e. The van der Waals surface area contributed by atoms with Crippen LogP contribution in [0.15, 0.2) is 0 Å². The third-order valence-electron chi connectivity index (χ3n) is 1.08. The van der Waals surface area contributed by atoms with E-state index in [1.54, 1.807) is 0 Å². The Morgan fingerprint density at radius 2 is 1.92 bits per heavy atom. The van der Waals surface area contributed by atoms with Crippen LogP contribution in [0.3, 0.4) is 0 Å². The predicted molar refractivity (Wildman–Crippen MR) is 46.7 cm³/mol. The average Bonchev–Trinajstić information content (AvgIpc) is 2.00. The second-order valence-electron chi connectivity index (χ2n) is 1.99. The van der Waals surface area contributed by atoms with Crippen LogP contribution in [0.2, 0.25) is 0 Å². The number of urea groups is 1. The lowest BCUT2D eigenvalue weighted by Gasteiger charge is -2.18. The zero-order valence-electron chi connectivity index (χ0n) is 6.49. The van der Waals surface area contributed by atoms with Gasteiger partial charge in [-0.3, -0.25) is 13.6 Å². The van der Waals surface area contributed by atoms with Crippen LogP contribution in [-0.2, 0) is 4.79 Å². The van der Waals surface area contributed by atoms with Crippen LogP contribution in [0.25, 0.3) is 0 Å². The Morgan fingerprint density at radius 1 is 1.50 bits per heavy atom. The minimum Gasteiger partial charge on any atom is -0.369 e. The maximum atomic E-state index is 11.0. The van der Waals surface area contributed by atoms with Gasteiger partial charge in [-0.2, -0.15) is 0 Å². The molecule has 0 aliphatic carbocycles. The van der Waals surface area contributed by atoms with Gasteiger partial charge in [0.2, 0.25) is 5.56 Å². The number of hydrogen-bond donors (Lipinski definition) is 1. The number of aliphatic hydroxyl groups excluding tert-OH is 1. The van der Waals surface area contributed by atoms with Crippen molar-refractivity contribution in [3.05, 3.63) is 0 Å². The number of carbonyl (C=O) groups is 2. The molecule has 0 rings (SSSR count). The normalized spacial score (nSPS) is 12.1. The van der Waals surface area contributed by atoms with Crippen molar-refractivity contribution >= 4 is 39.7 Å². The van der Waals surface area contributed by atoms with Crippen molar-refractivity contribution in [2.75, 3.05) is 14.1 Å². The lowest BCUT2D eigenvalue weighted by molar-refractivity contribution is -0.132. The first-order chi connectivity index (χ1) is 5.37. The van der Waals surface area contributed by atoms with Crippen LogP contribution < -0.4 is 0 Å². The van der Waals surface area contributed by atoms with Gasteiger partial charge in [-0.15, -0.1) is 0 Å². The summed E-state index contributed by atoms with van der Waals surface area (Å²) in [6, 6.07) is -0.611. The molecule has 12 heavy (non-hydrogen) atoms. The zero-order valence-corrected chi connectivity index (χ0v) is 8.83. The van der Waals surface area contributed by atoms with Crippen molar-refractivity contribution in [2.45, 2.75) is 5.56 Å². The van der Waals surface area contributed by atoms with Gasteiger partial charge in [-0.1, -0.05) is 11.6 Å². The van der Waals surface area contributed by atoms with Crippen LogP contribution in [0.1, 0.15) is 0 Å². The summed E-state index contributed by atoms with van der Waals surface area (Å²) in [6.07, 6.45) is 0. The number of rotatable bonds is 1. The Morgan fingerprint density at radius 3 is 2.17 bits per heavy atom. The van der Waals surface area contributed by atoms with Gasteiger partial charge in [0.05, 0.1) is 16.1 Å². The second-order valence-corrected chi connectivity index (χ2v) is 3.47. The molecule has 5 nitrogen and oxygen atoms in total. The van der Waals surface area contributed by atoms with Crippen LogP contribution in [-0.4, -0.2) is 45.5 Å². The van der Waals surface area contributed by atoms with Gasteiger partial charge in [0, 0.05) is 14.1 Å². The van der Waals surface area contributed by atoms with Gasteiger partial charge in [0.1, 0.15) is 0 Å². The summed E-state index contributed by atoms with van der Waals surface area (Å²) in [4.78, 5) is 22.6. The zero-order chi connectivity index (χ0) is 9.89. The fraction of sp³-hybridized carbons (Fsp3) is 0.600. The van der Waals surface area contributed by atoms with E-state index in [9.17, 15) is 9.59 Å². The van der Waals surface area contributed by atoms with Crippen molar-refractivity contribution in [2.24, 2.45) is 0 Å². The second kappa shape index (κ2) is 4.64. The standard InChI is InChI=1S/C5H8BrClN2O3/c1-8(4(11)3(7)10)5(12)9(2)6/h3,10H,1-2H3. The fourth-order valence-electron chi connectivity index (χ4n) is 0.461. The molecule has 0 bridgehead atoms. The van der Waals surface area contributed by atoms with Crippen LogP contribution in [0, 0.1) is 0 Å². The van der Waals surface area contributed by atoms with Crippen LogP contribution in [0.5, 0.6) is 0 Å². The number of aliphatic hydroxyl groups is 1. The van der Waals surface area contributed by atoms with Gasteiger partial charge >= 0.3 is 6.03 Å². The molecule has 0 aliphatic rings. The molecule has 7 heteroatoms. The van der Waals surface area contributed by atoms with Crippen molar-refractivity contribution in [1.29, 1.82) is 0 Å². The maximum Gasteiger partial charge on any atom is 0.336 e. The highest BCUT2D eigenvalue weighted by molar-refractivity contribution is 9.07. The number of amides is 3. The van der Waals surface area contributed by atoms with E-state index in [0.29, 0.717) is 4.90 Å². The van der Waals surface area contributed by atoms with E-state index >= 15 is 0 Å². The molecule has 0 radical (unpaired) electrons. The first-order valence-electron chi connectivity index (χ1n) is 2.91. The minimum absolute atomic E-state index is 0.611. The molecule has 0 aromatic heterocycles. The van der Waals surface area contributed by atoms with E-state index in [1.807, 2.05) is 0 Å². The molecule has 0 heterocycles.